The van der Waals surface area contributed by atoms with Gasteiger partial charge in [-0.2, -0.15) is 12.8 Å². The van der Waals surface area contributed by atoms with E-state index < -0.39 is 27.5 Å². The second-order valence-corrected chi connectivity index (χ2v) is 10.1. The number of guanidine groups is 1. The zero-order chi connectivity index (χ0) is 25.4. The quantitative estimate of drug-likeness (QED) is 0.378. The largest absolute Gasteiger partial charge is 0.382 e. The molecule has 2 aromatic carbocycles. The van der Waals surface area contributed by atoms with E-state index in [9.17, 15) is 17.6 Å². The highest BCUT2D eigenvalue weighted by Crippen LogP contribution is 2.41. The highest BCUT2D eigenvalue weighted by molar-refractivity contribution is 7.87. The maximum Gasteiger partial charge on any atom is 0.309 e. The number of rotatable bonds is 7. The Hall–Kier alpha value is -3.50. The summed E-state index contributed by atoms with van der Waals surface area (Å²) in [7, 11) is -2.23. The average Bonchev–Trinajstić information content (AvgIpc) is 3.05. The number of carbonyl (C=O) groups is 1. The third-order valence-corrected chi connectivity index (χ3v) is 7.15. The summed E-state index contributed by atoms with van der Waals surface area (Å²) in [5.74, 6) is -1.15. The number of hydrogen-bond donors (Lipinski definition) is 1. The van der Waals surface area contributed by atoms with Crippen LogP contribution in [0.3, 0.4) is 0 Å². The lowest BCUT2D eigenvalue weighted by atomic mass is 9.81. The molecule has 0 saturated heterocycles. The van der Waals surface area contributed by atoms with Crippen molar-refractivity contribution in [2.45, 2.75) is 18.9 Å². The first-order valence-electron chi connectivity index (χ1n) is 10.7. The number of benzene rings is 2. The van der Waals surface area contributed by atoms with Crippen LogP contribution in [-0.4, -0.2) is 43.0 Å². The molecule has 1 unspecified atom stereocenters. The lowest BCUT2D eigenvalue weighted by molar-refractivity contribution is -0.129. The molecule has 1 aliphatic heterocycles. The molecule has 0 aliphatic carbocycles. The first-order chi connectivity index (χ1) is 16.6. The van der Waals surface area contributed by atoms with Crippen LogP contribution >= 0.6 is 11.6 Å². The number of pyridine rings is 1. The second-order valence-electron chi connectivity index (χ2n) is 7.99. The van der Waals surface area contributed by atoms with Gasteiger partial charge in [0.1, 0.15) is 5.75 Å². The molecule has 2 heterocycles. The van der Waals surface area contributed by atoms with E-state index in [0.29, 0.717) is 23.1 Å². The Morgan fingerprint density at radius 2 is 1.86 bits per heavy atom. The second kappa shape index (κ2) is 9.27. The Kier molecular flexibility index (Phi) is 6.52. The fourth-order valence-electron chi connectivity index (χ4n) is 3.91. The van der Waals surface area contributed by atoms with Crippen molar-refractivity contribution in [1.82, 2.24) is 9.88 Å². The lowest BCUT2D eigenvalue weighted by Crippen LogP contribution is -2.41. The van der Waals surface area contributed by atoms with Gasteiger partial charge >= 0.3 is 10.1 Å². The van der Waals surface area contributed by atoms with Gasteiger partial charge in [0.25, 0.3) is 5.91 Å². The molecule has 0 bridgehead atoms. The highest BCUT2D eigenvalue weighted by atomic mass is 35.5. The fraction of sp³-hybridized carbons (Fsp3) is 0.208. The van der Waals surface area contributed by atoms with Crippen molar-refractivity contribution in [3.63, 3.8) is 0 Å². The molecular weight excluding hydrogens is 495 g/mol. The van der Waals surface area contributed by atoms with E-state index in [1.165, 1.54) is 36.3 Å². The Morgan fingerprint density at radius 1 is 1.14 bits per heavy atom. The van der Waals surface area contributed by atoms with E-state index >= 15 is 0 Å². The monoisotopic (exact) mass is 516 g/mol. The van der Waals surface area contributed by atoms with Gasteiger partial charge in [0, 0.05) is 18.8 Å². The zero-order valence-corrected chi connectivity index (χ0v) is 20.5. The van der Waals surface area contributed by atoms with Gasteiger partial charge in [0.15, 0.2) is 11.5 Å². The van der Waals surface area contributed by atoms with Gasteiger partial charge in [-0.05, 0) is 47.4 Å². The van der Waals surface area contributed by atoms with E-state index in [1.54, 1.807) is 43.3 Å². The van der Waals surface area contributed by atoms with Crippen LogP contribution in [0.15, 0.2) is 65.8 Å². The summed E-state index contributed by atoms with van der Waals surface area (Å²) < 4.78 is 43.6. The predicted octanol–water partition coefficient (Wildman–Crippen LogP) is 3.69. The van der Waals surface area contributed by atoms with Crippen LogP contribution in [0, 0.1) is 5.95 Å². The minimum Gasteiger partial charge on any atom is -0.382 e. The Balaban J connectivity index is 1.83. The molecule has 3 aromatic rings. The first kappa shape index (κ1) is 24.6. The normalized spacial score (nSPS) is 18.0. The Morgan fingerprint density at radius 3 is 2.49 bits per heavy atom. The fourth-order valence-corrected chi connectivity index (χ4v) is 5.06. The third-order valence-electron chi connectivity index (χ3n) is 5.59. The Bertz CT molecular complexity index is 1430. The molecule has 2 N–H and O–H groups in total. The number of likely N-dealkylation sites (N-methyl/N-ethyl adjacent to an activating group) is 1. The van der Waals surface area contributed by atoms with Crippen LogP contribution in [0.25, 0.3) is 11.1 Å². The van der Waals surface area contributed by atoms with Crippen molar-refractivity contribution in [2.75, 3.05) is 12.8 Å². The SMILES string of the molecule is CCCS(=O)(=O)Oc1ccc(C2(c3cccc(-c4cc(Cl)cnc4F)c3)N=C(N)N(C)C2=O)cc1. The molecule has 0 fully saturated rings. The molecule has 0 spiro atoms. The minimum atomic E-state index is -3.73. The molecular formula is C24H22ClFN4O4S. The van der Waals surface area contributed by atoms with E-state index in [0.717, 1.165) is 0 Å². The van der Waals surface area contributed by atoms with Crippen molar-refractivity contribution in [2.24, 2.45) is 10.7 Å². The number of carbonyl (C=O) groups excluding carboxylic acids is 1. The van der Waals surface area contributed by atoms with E-state index in [1.807, 2.05) is 0 Å². The first-order valence-corrected chi connectivity index (χ1v) is 12.6. The Labute approximate surface area is 207 Å². The lowest BCUT2D eigenvalue weighted by Gasteiger charge is -2.26. The van der Waals surface area contributed by atoms with Gasteiger partial charge in [-0.15, -0.1) is 0 Å². The van der Waals surface area contributed by atoms with E-state index in [-0.39, 0.29) is 28.0 Å². The standard InChI is InChI=1S/C24H22ClFN4O4S/c1-3-11-35(32,33)34-19-9-7-16(8-10-19)24(22(31)30(2)23(27)29-24)17-6-4-5-15(12-17)20-13-18(25)14-28-21(20)26/h4-10,12-14H,3,11H2,1-2H3,(H2,27,29). The molecule has 1 aromatic heterocycles. The van der Waals surface area contributed by atoms with Crippen LogP contribution in [0.5, 0.6) is 5.75 Å². The van der Waals surface area contributed by atoms with Gasteiger partial charge in [-0.1, -0.05) is 48.9 Å². The van der Waals surface area contributed by atoms with E-state index in [2.05, 4.69) is 9.98 Å². The number of nitrogens with zero attached hydrogens (tertiary/aromatic N) is 3. The van der Waals surface area contributed by atoms with Crippen LogP contribution in [0.4, 0.5) is 4.39 Å². The van der Waals surface area contributed by atoms with Crippen LogP contribution in [-0.2, 0) is 20.5 Å². The van der Waals surface area contributed by atoms with Gasteiger partial charge in [-0.3, -0.25) is 9.69 Å². The smallest absolute Gasteiger partial charge is 0.309 e. The van der Waals surface area contributed by atoms with Crippen molar-refractivity contribution < 1.29 is 21.8 Å². The molecule has 1 amide bonds. The summed E-state index contributed by atoms with van der Waals surface area (Å²) >= 11 is 6.02. The molecule has 182 valence electrons. The van der Waals surface area contributed by atoms with Crippen molar-refractivity contribution in [1.29, 1.82) is 0 Å². The van der Waals surface area contributed by atoms with Gasteiger partial charge < -0.3 is 9.92 Å². The zero-order valence-electron chi connectivity index (χ0n) is 18.9. The molecule has 1 atom stereocenters. The molecule has 0 saturated carbocycles. The van der Waals surface area contributed by atoms with Gasteiger partial charge in [-0.25, -0.2) is 9.98 Å². The molecule has 35 heavy (non-hydrogen) atoms. The maximum absolute atomic E-state index is 14.5. The van der Waals surface area contributed by atoms with Gasteiger partial charge in [0.2, 0.25) is 5.95 Å². The van der Waals surface area contributed by atoms with Crippen molar-refractivity contribution in [3.05, 3.63) is 82.9 Å². The minimum absolute atomic E-state index is 0.00172. The average molecular weight is 517 g/mol. The third kappa shape index (κ3) is 4.59. The number of aromatic nitrogens is 1. The summed E-state index contributed by atoms with van der Waals surface area (Å²) in [6, 6.07) is 14.1. The predicted molar refractivity (Wildman–Crippen MR) is 131 cm³/mol. The summed E-state index contributed by atoms with van der Waals surface area (Å²) in [5.41, 5.74) is 5.91. The van der Waals surface area contributed by atoms with Crippen LogP contribution in [0.2, 0.25) is 5.02 Å². The molecule has 8 nitrogen and oxygen atoms in total. The number of amides is 1. The summed E-state index contributed by atoms with van der Waals surface area (Å²) in [6.45, 7) is 1.73. The molecule has 11 heteroatoms. The number of halogens is 2. The summed E-state index contributed by atoms with van der Waals surface area (Å²) in [6.07, 6.45) is 1.62. The van der Waals surface area contributed by atoms with Crippen LogP contribution in [0.1, 0.15) is 24.5 Å². The summed E-state index contributed by atoms with van der Waals surface area (Å²) in [4.78, 5) is 22.9. The topological polar surface area (TPSA) is 115 Å². The number of aliphatic imine (C=N–C) groups is 1. The number of hydrogen-bond acceptors (Lipinski definition) is 7. The van der Waals surface area contributed by atoms with E-state index in [4.69, 9.17) is 21.5 Å². The molecule has 0 radical (unpaired) electrons. The molecule has 4 rings (SSSR count). The maximum atomic E-state index is 14.5. The van der Waals surface area contributed by atoms with Crippen LogP contribution < -0.4 is 9.92 Å². The number of nitrogens with two attached hydrogens (primary N) is 1. The van der Waals surface area contributed by atoms with Gasteiger partial charge in [0.05, 0.1) is 10.8 Å². The highest BCUT2D eigenvalue weighted by Gasteiger charge is 2.49. The molecule has 1 aliphatic rings. The van der Waals surface area contributed by atoms with Crippen molar-refractivity contribution >= 4 is 33.6 Å². The van der Waals surface area contributed by atoms with Crippen molar-refractivity contribution in [3.8, 4) is 16.9 Å². The summed E-state index contributed by atoms with van der Waals surface area (Å²) in [5, 5.41) is 0.258.